The maximum atomic E-state index is 13.4. The molecule has 0 saturated carbocycles. The maximum Gasteiger partial charge on any atom is 0.257 e. The van der Waals surface area contributed by atoms with Gasteiger partial charge in [0, 0.05) is 34.5 Å². The molecule has 1 atom stereocenters. The molecule has 1 saturated heterocycles. The van der Waals surface area contributed by atoms with Gasteiger partial charge in [0.1, 0.15) is 11.9 Å². The summed E-state index contributed by atoms with van der Waals surface area (Å²) in [6.07, 6.45) is 1.83. The predicted octanol–water partition coefficient (Wildman–Crippen LogP) is 4.74. The fourth-order valence-electron chi connectivity index (χ4n) is 4.13. The normalized spacial score (nSPS) is 19.1. The van der Waals surface area contributed by atoms with Gasteiger partial charge in [0.05, 0.1) is 5.52 Å². The molecule has 164 valence electrons. The van der Waals surface area contributed by atoms with Crippen LogP contribution in [0.4, 0.5) is 5.82 Å². The van der Waals surface area contributed by atoms with Crippen LogP contribution in [0, 0.1) is 0 Å². The smallest absolute Gasteiger partial charge is 0.257 e. The molecule has 0 unspecified atom stereocenters. The lowest BCUT2D eigenvalue weighted by molar-refractivity contribution is -0.193. The van der Waals surface area contributed by atoms with Crippen LogP contribution in [0.15, 0.2) is 34.8 Å². The SMILES string of the molecule is CN(NC(=O)[C@@H]1CCCN(C(C)(C)C)N1C(C)(C)C)c1ccc2ccc(Br)cc2n1. The number of rotatable bonds is 3. The van der Waals surface area contributed by atoms with Gasteiger partial charge in [-0.15, -0.1) is 0 Å². The number of benzene rings is 1. The zero-order valence-corrected chi connectivity index (χ0v) is 20.7. The van der Waals surface area contributed by atoms with Gasteiger partial charge in [0.15, 0.2) is 0 Å². The molecular weight excluding hydrogens is 442 g/mol. The molecule has 0 radical (unpaired) electrons. The zero-order valence-electron chi connectivity index (χ0n) is 19.2. The summed E-state index contributed by atoms with van der Waals surface area (Å²) in [7, 11) is 1.84. The topological polar surface area (TPSA) is 51.7 Å². The van der Waals surface area contributed by atoms with Gasteiger partial charge in [-0.3, -0.25) is 15.2 Å². The summed E-state index contributed by atoms with van der Waals surface area (Å²) in [6.45, 7) is 14.1. The molecule has 0 bridgehead atoms. The zero-order chi connectivity index (χ0) is 22.3. The minimum atomic E-state index is -0.227. The fraction of sp³-hybridized carbons (Fsp3) is 0.565. The van der Waals surface area contributed by atoms with Crippen molar-refractivity contribution in [2.75, 3.05) is 18.6 Å². The van der Waals surface area contributed by atoms with Crippen molar-refractivity contribution < 1.29 is 4.79 Å². The highest BCUT2D eigenvalue weighted by molar-refractivity contribution is 9.10. The lowest BCUT2D eigenvalue weighted by atomic mass is 9.96. The van der Waals surface area contributed by atoms with Gasteiger partial charge < -0.3 is 0 Å². The molecule has 2 heterocycles. The third-order valence-electron chi connectivity index (χ3n) is 5.43. The van der Waals surface area contributed by atoms with Crippen LogP contribution in [-0.2, 0) is 4.79 Å². The predicted molar refractivity (Wildman–Crippen MR) is 127 cm³/mol. The van der Waals surface area contributed by atoms with Crippen LogP contribution < -0.4 is 10.4 Å². The molecule has 3 rings (SSSR count). The monoisotopic (exact) mass is 475 g/mol. The van der Waals surface area contributed by atoms with E-state index in [4.69, 9.17) is 4.98 Å². The first-order chi connectivity index (χ1) is 13.9. The standard InChI is InChI=1S/C23H34BrN5O/c1-22(2,3)28-14-8-9-19(29(28)23(4,5)6)21(30)26-27(7)20-13-11-16-10-12-17(24)15-18(16)25-20/h10-13,15,19H,8-9,14H2,1-7H3,(H,26,30)/t19-/m0/s1. The highest BCUT2D eigenvalue weighted by atomic mass is 79.9. The molecule has 7 heteroatoms. The Bertz CT molecular complexity index is 918. The van der Waals surface area contributed by atoms with Crippen molar-refractivity contribution in [1.29, 1.82) is 0 Å². The lowest BCUT2D eigenvalue weighted by Gasteiger charge is -2.55. The Kier molecular flexibility index (Phi) is 6.46. The number of pyridine rings is 1. The molecule has 1 aromatic carbocycles. The van der Waals surface area contributed by atoms with Crippen molar-refractivity contribution >= 4 is 38.6 Å². The van der Waals surface area contributed by atoms with E-state index < -0.39 is 0 Å². The molecule has 1 fully saturated rings. The highest BCUT2D eigenvalue weighted by Crippen LogP contribution is 2.32. The molecule has 6 nitrogen and oxygen atoms in total. The molecule has 0 spiro atoms. The number of fused-ring (bicyclic) bond motifs is 1. The Morgan fingerprint density at radius 2 is 1.80 bits per heavy atom. The average molecular weight is 476 g/mol. The average Bonchev–Trinajstić information content (AvgIpc) is 2.65. The number of hydrazine groups is 2. The number of hydrogen-bond donors (Lipinski definition) is 1. The minimum Gasteiger partial charge on any atom is -0.271 e. The summed E-state index contributed by atoms with van der Waals surface area (Å²) >= 11 is 3.50. The lowest BCUT2D eigenvalue weighted by Crippen LogP contribution is -2.68. The van der Waals surface area contributed by atoms with Crippen molar-refractivity contribution in [3.05, 3.63) is 34.8 Å². The van der Waals surface area contributed by atoms with Crippen molar-refractivity contribution in [2.24, 2.45) is 0 Å². The highest BCUT2D eigenvalue weighted by Gasteiger charge is 2.44. The number of amides is 1. The van der Waals surface area contributed by atoms with E-state index in [1.165, 1.54) is 0 Å². The first kappa shape index (κ1) is 23.0. The number of hydrogen-bond acceptors (Lipinski definition) is 5. The van der Waals surface area contributed by atoms with E-state index in [9.17, 15) is 4.79 Å². The van der Waals surface area contributed by atoms with E-state index in [0.717, 1.165) is 34.8 Å². The molecule has 1 amide bonds. The summed E-state index contributed by atoms with van der Waals surface area (Å²) in [5, 5.41) is 7.41. The Morgan fingerprint density at radius 3 is 2.43 bits per heavy atom. The number of carbonyl (C=O) groups excluding carboxylic acids is 1. The van der Waals surface area contributed by atoms with E-state index in [1.54, 1.807) is 5.01 Å². The molecule has 0 aliphatic carbocycles. The van der Waals surface area contributed by atoms with Gasteiger partial charge in [0.2, 0.25) is 0 Å². The fourth-order valence-corrected chi connectivity index (χ4v) is 4.48. The number of halogens is 1. The Balaban J connectivity index is 1.82. The van der Waals surface area contributed by atoms with Crippen molar-refractivity contribution in [3.8, 4) is 0 Å². The second kappa shape index (κ2) is 8.44. The Labute approximate surface area is 188 Å². The summed E-state index contributed by atoms with van der Waals surface area (Å²) < 4.78 is 0.983. The summed E-state index contributed by atoms with van der Waals surface area (Å²) in [5.74, 6) is 0.706. The molecule has 1 aliphatic heterocycles. The van der Waals surface area contributed by atoms with E-state index in [0.29, 0.717) is 5.82 Å². The van der Waals surface area contributed by atoms with Gasteiger partial charge in [-0.05, 0) is 78.6 Å². The number of carbonyl (C=O) groups is 1. The number of anilines is 1. The van der Waals surface area contributed by atoms with Gasteiger partial charge in [-0.25, -0.2) is 15.0 Å². The van der Waals surface area contributed by atoms with Crippen molar-refractivity contribution in [2.45, 2.75) is 71.5 Å². The first-order valence-corrected chi connectivity index (χ1v) is 11.3. The van der Waals surface area contributed by atoms with Crippen LogP contribution in [0.1, 0.15) is 54.4 Å². The van der Waals surface area contributed by atoms with Gasteiger partial charge in [-0.1, -0.05) is 22.0 Å². The van der Waals surface area contributed by atoms with Crippen LogP contribution in [-0.4, -0.2) is 51.6 Å². The second-order valence-corrected chi connectivity index (χ2v) is 10.9. The molecule has 2 aromatic rings. The van der Waals surface area contributed by atoms with Gasteiger partial charge in [0.25, 0.3) is 5.91 Å². The summed E-state index contributed by atoms with van der Waals surface area (Å²) in [4.78, 5) is 18.1. The maximum absolute atomic E-state index is 13.4. The van der Waals surface area contributed by atoms with Crippen LogP contribution in [0.2, 0.25) is 0 Å². The number of aromatic nitrogens is 1. The number of nitrogens with zero attached hydrogens (tertiary/aromatic N) is 4. The Hall–Kier alpha value is -1.70. The quantitative estimate of drug-likeness (QED) is 0.649. The summed E-state index contributed by atoms with van der Waals surface area (Å²) in [5.41, 5.74) is 3.74. The van der Waals surface area contributed by atoms with E-state index in [1.807, 2.05) is 37.4 Å². The first-order valence-electron chi connectivity index (χ1n) is 10.6. The van der Waals surface area contributed by atoms with Gasteiger partial charge in [-0.2, -0.15) is 0 Å². The van der Waals surface area contributed by atoms with E-state index >= 15 is 0 Å². The number of nitrogens with one attached hydrogen (secondary N) is 1. The van der Waals surface area contributed by atoms with Crippen molar-refractivity contribution in [1.82, 2.24) is 20.4 Å². The minimum absolute atomic E-state index is 0.00230. The molecular formula is C23H34BrN5O. The molecule has 30 heavy (non-hydrogen) atoms. The molecule has 1 aliphatic rings. The van der Waals surface area contributed by atoms with Gasteiger partial charge >= 0.3 is 0 Å². The second-order valence-electron chi connectivity index (χ2n) is 10.0. The Morgan fingerprint density at radius 1 is 1.13 bits per heavy atom. The van der Waals surface area contributed by atoms with Crippen LogP contribution >= 0.6 is 15.9 Å². The van der Waals surface area contributed by atoms with Crippen LogP contribution in [0.25, 0.3) is 10.9 Å². The third kappa shape index (κ3) is 4.95. The van der Waals surface area contributed by atoms with E-state index in [-0.39, 0.29) is 23.0 Å². The van der Waals surface area contributed by atoms with E-state index in [2.05, 4.69) is 72.9 Å². The largest absolute Gasteiger partial charge is 0.271 e. The summed E-state index contributed by atoms with van der Waals surface area (Å²) in [6, 6.07) is 9.74. The third-order valence-corrected chi connectivity index (χ3v) is 5.92. The molecule has 1 N–H and O–H groups in total. The molecule has 1 aromatic heterocycles. The van der Waals surface area contributed by atoms with Crippen molar-refractivity contribution in [3.63, 3.8) is 0 Å². The van der Waals surface area contributed by atoms with Crippen LogP contribution in [0.3, 0.4) is 0 Å². The van der Waals surface area contributed by atoms with Crippen LogP contribution in [0.5, 0.6) is 0 Å².